The van der Waals surface area contributed by atoms with Gasteiger partial charge in [-0.15, -0.1) is 0 Å². The molecule has 2 atom stereocenters. The summed E-state index contributed by atoms with van der Waals surface area (Å²) in [6.45, 7) is 1.34. The van der Waals surface area contributed by atoms with Crippen molar-refractivity contribution in [3.8, 4) is 0 Å². The quantitative estimate of drug-likeness (QED) is 0.421. The number of carboxylic acid groups (broad SMARTS) is 2. The lowest BCUT2D eigenvalue weighted by atomic mass is 10.1. The zero-order chi connectivity index (χ0) is 15.7. The zero-order valence-corrected chi connectivity index (χ0v) is 11.5. The molecule has 0 spiro atoms. The van der Waals surface area contributed by atoms with Crippen molar-refractivity contribution < 1.29 is 29.4 Å². The number of nitrogens with one attached hydrogen (secondary N) is 2. The van der Waals surface area contributed by atoms with Crippen LogP contribution in [0.2, 0.25) is 0 Å². The molecule has 0 unspecified atom stereocenters. The summed E-state index contributed by atoms with van der Waals surface area (Å²) in [6, 6.07) is -1.99. The summed E-state index contributed by atoms with van der Waals surface area (Å²) < 4.78 is 0. The Kier molecular flexibility index (Phi) is 8.14. The number of hydrogen-bond acceptors (Lipinski definition) is 5. The van der Waals surface area contributed by atoms with E-state index >= 15 is 0 Å². The van der Waals surface area contributed by atoms with E-state index in [9.17, 15) is 19.2 Å². The number of carbonyl (C=O) groups excluding carboxylic acids is 2. The Labute approximate surface area is 116 Å². The van der Waals surface area contributed by atoms with Gasteiger partial charge in [0.2, 0.25) is 5.91 Å². The first-order chi connectivity index (χ1) is 9.27. The third kappa shape index (κ3) is 7.47. The fraction of sp³-hybridized carbons (Fsp3) is 0.667. The molecule has 0 aliphatic heterocycles. The molecule has 8 heteroatoms. The summed E-state index contributed by atoms with van der Waals surface area (Å²) in [5.41, 5.74) is 0. The molecule has 0 saturated heterocycles. The van der Waals surface area contributed by atoms with E-state index < -0.39 is 29.9 Å². The molecule has 0 aromatic carbocycles. The summed E-state index contributed by atoms with van der Waals surface area (Å²) >= 11 is 0. The molecular formula is C12H20N2O6. The first-order valence-corrected chi connectivity index (χ1v) is 6.19. The number of carboxylic acids is 2. The third-order valence-electron chi connectivity index (χ3n) is 2.73. The molecule has 114 valence electrons. The highest BCUT2D eigenvalue weighted by Gasteiger charge is 2.22. The van der Waals surface area contributed by atoms with Gasteiger partial charge in [-0.1, -0.05) is 0 Å². The number of hydrogen-bond donors (Lipinski definition) is 4. The molecule has 0 heterocycles. The summed E-state index contributed by atoms with van der Waals surface area (Å²) in [4.78, 5) is 44.0. The highest BCUT2D eigenvalue weighted by molar-refractivity contribution is 5.84. The first-order valence-electron chi connectivity index (χ1n) is 6.19. The fourth-order valence-electron chi connectivity index (χ4n) is 1.54. The van der Waals surface area contributed by atoms with Gasteiger partial charge >= 0.3 is 11.9 Å². The van der Waals surface area contributed by atoms with E-state index in [0.717, 1.165) is 0 Å². The molecule has 0 saturated carbocycles. The van der Waals surface area contributed by atoms with Crippen molar-refractivity contribution in [1.82, 2.24) is 10.6 Å². The lowest BCUT2D eigenvalue weighted by Crippen LogP contribution is -2.42. The monoisotopic (exact) mass is 288 g/mol. The summed E-state index contributed by atoms with van der Waals surface area (Å²) in [5, 5.41) is 22.5. The minimum absolute atomic E-state index is 0.0186. The molecule has 0 aliphatic rings. The Hall–Kier alpha value is -1.96. The Morgan fingerprint density at radius 2 is 1.45 bits per heavy atom. The normalized spacial score (nSPS) is 13.3. The highest BCUT2D eigenvalue weighted by atomic mass is 16.4. The van der Waals surface area contributed by atoms with Crippen LogP contribution in [0.25, 0.3) is 0 Å². The lowest BCUT2D eigenvalue weighted by Gasteiger charge is -2.15. The molecule has 4 N–H and O–H groups in total. The number of aliphatic carboxylic acids is 2. The second-order valence-corrected chi connectivity index (χ2v) is 4.42. The molecule has 0 aliphatic carbocycles. The van der Waals surface area contributed by atoms with E-state index in [4.69, 9.17) is 10.2 Å². The van der Waals surface area contributed by atoms with Crippen molar-refractivity contribution in [3.63, 3.8) is 0 Å². The van der Waals surface area contributed by atoms with Crippen molar-refractivity contribution >= 4 is 23.6 Å². The Bertz CT molecular complexity index is 382. The molecule has 0 aromatic rings. The molecule has 1 amide bonds. The van der Waals surface area contributed by atoms with Crippen molar-refractivity contribution in [2.45, 2.75) is 44.7 Å². The fourth-order valence-corrected chi connectivity index (χ4v) is 1.54. The predicted octanol–water partition coefficient (Wildman–Crippen LogP) is -0.622. The van der Waals surface area contributed by atoms with Gasteiger partial charge < -0.3 is 25.6 Å². The molecule has 0 bridgehead atoms. The average Bonchev–Trinajstić information content (AvgIpc) is 2.34. The standard InChI is InChI=1S/C12H20N2O6/c1-7(15)3-4-9(12(19)20)14-10(16)6-5-8(13-2)11(17)18/h8-9,13H,3-6H2,1-2H3,(H,14,16)(H,17,18)(H,19,20)/t8-,9-/m0/s1. The topological polar surface area (TPSA) is 133 Å². The second kappa shape index (κ2) is 9.03. The number of rotatable bonds is 10. The van der Waals surface area contributed by atoms with Gasteiger partial charge in [0, 0.05) is 12.8 Å². The molecular weight excluding hydrogens is 268 g/mol. The van der Waals surface area contributed by atoms with Gasteiger partial charge in [0.25, 0.3) is 0 Å². The maximum Gasteiger partial charge on any atom is 0.326 e. The average molecular weight is 288 g/mol. The SMILES string of the molecule is CN[C@@H](CCC(=O)N[C@@H](CCC(C)=O)C(=O)O)C(=O)O. The van der Waals surface area contributed by atoms with E-state index in [1.165, 1.54) is 14.0 Å². The van der Waals surface area contributed by atoms with Gasteiger partial charge in [0.05, 0.1) is 0 Å². The largest absolute Gasteiger partial charge is 0.480 e. The van der Waals surface area contributed by atoms with Crippen LogP contribution in [-0.2, 0) is 19.2 Å². The van der Waals surface area contributed by atoms with Gasteiger partial charge in [0.15, 0.2) is 0 Å². The van der Waals surface area contributed by atoms with Crippen molar-refractivity contribution in [2.75, 3.05) is 7.05 Å². The van der Waals surface area contributed by atoms with E-state index in [-0.39, 0.29) is 31.5 Å². The lowest BCUT2D eigenvalue weighted by molar-refractivity contribution is -0.143. The number of amides is 1. The molecule has 20 heavy (non-hydrogen) atoms. The zero-order valence-electron chi connectivity index (χ0n) is 11.5. The van der Waals surface area contributed by atoms with Crippen LogP contribution in [-0.4, -0.2) is 53.0 Å². The molecule has 8 nitrogen and oxygen atoms in total. The minimum atomic E-state index is -1.22. The van der Waals surface area contributed by atoms with Gasteiger partial charge in [-0.3, -0.25) is 9.59 Å². The van der Waals surface area contributed by atoms with E-state index in [1.807, 2.05) is 0 Å². The molecule has 0 rings (SSSR count). The molecule has 0 aromatic heterocycles. The molecule has 0 fully saturated rings. The van der Waals surface area contributed by atoms with Crippen LogP contribution in [0.1, 0.15) is 32.6 Å². The highest BCUT2D eigenvalue weighted by Crippen LogP contribution is 2.02. The van der Waals surface area contributed by atoms with Gasteiger partial charge in [-0.2, -0.15) is 0 Å². The van der Waals surface area contributed by atoms with E-state index in [2.05, 4.69) is 10.6 Å². The maximum absolute atomic E-state index is 11.6. The van der Waals surface area contributed by atoms with Crippen LogP contribution in [0.5, 0.6) is 0 Å². The van der Waals surface area contributed by atoms with Crippen molar-refractivity contribution in [2.24, 2.45) is 0 Å². The smallest absolute Gasteiger partial charge is 0.326 e. The van der Waals surface area contributed by atoms with Crippen molar-refractivity contribution in [3.05, 3.63) is 0 Å². The second-order valence-electron chi connectivity index (χ2n) is 4.42. The first kappa shape index (κ1) is 18.0. The predicted molar refractivity (Wildman–Crippen MR) is 69.2 cm³/mol. The summed E-state index contributed by atoms with van der Waals surface area (Å²) in [7, 11) is 1.46. The van der Waals surface area contributed by atoms with E-state index in [1.54, 1.807) is 0 Å². The van der Waals surface area contributed by atoms with Crippen molar-refractivity contribution in [1.29, 1.82) is 0 Å². The number of likely N-dealkylation sites (N-methyl/N-ethyl adjacent to an activating group) is 1. The van der Waals surface area contributed by atoms with Crippen LogP contribution < -0.4 is 10.6 Å². The third-order valence-corrected chi connectivity index (χ3v) is 2.73. The van der Waals surface area contributed by atoms with Crippen LogP contribution in [0.3, 0.4) is 0 Å². The number of Topliss-reactive ketones (excluding diaryl/α,β-unsaturated/α-hetero) is 1. The maximum atomic E-state index is 11.6. The Morgan fingerprint density at radius 3 is 1.85 bits per heavy atom. The van der Waals surface area contributed by atoms with Crippen LogP contribution in [0, 0.1) is 0 Å². The van der Waals surface area contributed by atoms with Gasteiger partial charge in [-0.05, 0) is 26.8 Å². The van der Waals surface area contributed by atoms with Gasteiger partial charge in [-0.25, -0.2) is 4.79 Å². The van der Waals surface area contributed by atoms with Crippen LogP contribution >= 0.6 is 0 Å². The minimum Gasteiger partial charge on any atom is -0.480 e. The Balaban J connectivity index is 4.29. The molecule has 0 radical (unpaired) electrons. The van der Waals surface area contributed by atoms with E-state index in [0.29, 0.717) is 0 Å². The summed E-state index contributed by atoms with van der Waals surface area (Å²) in [6.07, 6.45) is 0.0225. The Morgan fingerprint density at radius 1 is 0.950 bits per heavy atom. The number of ketones is 1. The number of carbonyl (C=O) groups is 4. The van der Waals surface area contributed by atoms with Gasteiger partial charge in [0.1, 0.15) is 17.9 Å². The van der Waals surface area contributed by atoms with Crippen LogP contribution in [0.15, 0.2) is 0 Å². The summed E-state index contributed by atoms with van der Waals surface area (Å²) in [5.74, 6) is -3.01. The van der Waals surface area contributed by atoms with Crippen LogP contribution in [0.4, 0.5) is 0 Å².